The summed E-state index contributed by atoms with van der Waals surface area (Å²) in [5.74, 6) is 1.82. The monoisotopic (exact) mass is 640 g/mol. The molecular weight excluding hydrogens is 613 g/mol. The van der Waals surface area contributed by atoms with Gasteiger partial charge in [-0.1, -0.05) is 121 Å². The van der Waals surface area contributed by atoms with Crippen LogP contribution in [0.15, 0.2) is 170 Å². The van der Waals surface area contributed by atoms with Gasteiger partial charge in [-0.15, -0.1) is 0 Å². The molecule has 10 rings (SSSR count). The van der Waals surface area contributed by atoms with E-state index in [2.05, 4.69) is 100 Å². The number of pyridine rings is 1. The van der Waals surface area contributed by atoms with Crippen LogP contribution in [0.25, 0.3) is 89.3 Å². The number of para-hydroxylation sites is 2. The fourth-order valence-electron chi connectivity index (χ4n) is 7.22. The van der Waals surface area contributed by atoms with E-state index in [1.165, 1.54) is 0 Å². The molecule has 0 aliphatic heterocycles. The van der Waals surface area contributed by atoms with Crippen molar-refractivity contribution in [2.45, 2.75) is 0 Å². The van der Waals surface area contributed by atoms with Crippen molar-refractivity contribution >= 4 is 43.7 Å². The highest BCUT2D eigenvalue weighted by Crippen LogP contribution is 2.40. The minimum atomic E-state index is 0.571. The van der Waals surface area contributed by atoms with E-state index in [-0.39, 0.29) is 0 Å². The third-order valence-electron chi connectivity index (χ3n) is 9.43. The zero-order chi connectivity index (χ0) is 33.0. The second-order valence-corrected chi connectivity index (χ2v) is 12.3. The summed E-state index contributed by atoms with van der Waals surface area (Å²) in [7, 11) is 0. The van der Waals surface area contributed by atoms with Gasteiger partial charge in [0.2, 0.25) is 5.95 Å². The first-order valence-electron chi connectivity index (χ1n) is 16.7. The summed E-state index contributed by atoms with van der Waals surface area (Å²) in [4.78, 5) is 20.1. The van der Waals surface area contributed by atoms with Gasteiger partial charge in [0.25, 0.3) is 0 Å². The van der Waals surface area contributed by atoms with E-state index >= 15 is 0 Å². The van der Waals surface area contributed by atoms with Crippen LogP contribution in [0.4, 0.5) is 0 Å². The molecule has 0 aliphatic rings. The highest BCUT2D eigenvalue weighted by molar-refractivity contribution is 6.15. The Balaban J connectivity index is 1.25. The van der Waals surface area contributed by atoms with Crippen LogP contribution in [0.3, 0.4) is 0 Å². The van der Waals surface area contributed by atoms with Gasteiger partial charge in [-0.3, -0.25) is 9.55 Å². The van der Waals surface area contributed by atoms with Gasteiger partial charge in [-0.25, -0.2) is 4.98 Å². The number of hydrogen-bond donors (Lipinski definition) is 0. The zero-order valence-corrected chi connectivity index (χ0v) is 26.8. The van der Waals surface area contributed by atoms with Crippen LogP contribution in [0.2, 0.25) is 0 Å². The third-order valence-corrected chi connectivity index (χ3v) is 9.43. The maximum Gasteiger partial charge on any atom is 0.238 e. The van der Waals surface area contributed by atoms with Gasteiger partial charge in [0, 0.05) is 39.2 Å². The van der Waals surface area contributed by atoms with Crippen LogP contribution in [0.1, 0.15) is 0 Å². The van der Waals surface area contributed by atoms with Gasteiger partial charge >= 0.3 is 0 Å². The molecule has 6 aromatic carbocycles. The largest absolute Gasteiger partial charge is 0.308 e. The lowest BCUT2D eigenvalue weighted by Crippen LogP contribution is -2.06. The van der Waals surface area contributed by atoms with Crippen molar-refractivity contribution in [2.24, 2.45) is 0 Å². The number of hydrogen-bond acceptors (Lipinski definition) is 4. The molecule has 0 bridgehead atoms. The minimum absolute atomic E-state index is 0.571. The Morgan fingerprint density at radius 1 is 0.400 bits per heavy atom. The average molecular weight is 641 g/mol. The van der Waals surface area contributed by atoms with Crippen molar-refractivity contribution in [3.8, 4) is 45.5 Å². The molecule has 4 heterocycles. The molecule has 6 heteroatoms. The quantitative estimate of drug-likeness (QED) is 0.188. The Kier molecular flexibility index (Phi) is 6.39. The van der Waals surface area contributed by atoms with Crippen molar-refractivity contribution in [1.82, 2.24) is 29.1 Å². The molecule has 4 aromatic heterocycles. The molecule has 0 spiro atoms. The van der Waals surface area contributed by atoms with Crippen LogP contribution >= 0.6 is 0 Å². The summed E-state index contributed by atoms with van der Waals surface area (Å²) in [6.07, 6.45) is 1.88. The van der Waals surface area contributed by atoms with Gasteiger partial charge in [0.15, 0.2) is 11.6 Å². The third kappa shape index (κ3) is 4.43. The SMILES string of the molecule is c1ccc(-c2nc(-c3ccccc3)nc(-n3c4ccccc4c4ccc(-c5cccc6c5c5ncccc5n6-c5ccccc5)cc43)n2)cc1. The number of rotatable bonds is 5. The molecule has 10 aromatic rings. The summed E-state index contributed by atoms with van der Waals surface area (Å²) in [5, 5.41) is 3.38. The molecule has 0 fully saturated rings. The van der Waals surface area contributed by atoms with Gasteiger partial charge in [-0.2, -0.15) is 9.97 Å². The Labute approximate surface area is 287 Å². The summed E-state index contributed by atoms with van der Waals surface area (Å²) >= 11 is 0. The molecule has 0 saturated heterocycles. The van der Waals surface area contributed by atoms with E-state index in [9.17, 15) is 0 Å². The number of aromatic nitrogens is 6. The van der Waals surface area contributed by atoms with E-state index in [1.807, 2.05) is 79.0 Å². The van der Waals surface area contributed by atoms with Gasteiger partial charge in [-0.05, 0) is 53.6 Å². The van der Waals surface area contributed by atoms with E-state index in [0.717, 1.165) is 71.7 Å². The second-order valence-electron chi connectivity index (χ2n) is 12.3. The molecule has 234 valence electrons. The summed E-state index contributed by atoms with van der Waals surface area (Å²) < 4.78 is 4.48. The normalized spacial score (nSPS) is 11.6. The van der Waals surface area contributed by atoms with Crippen molar-refractivity contribution in [3.63, 3.8) is 0 Å². The van der Waals surface area contributed by atoms with Gasteiger partial charge < -0.3 is 4.57 Å². The Bertz CT molecular complexity index is 2800. The van der Waals surface area contributed by atoms with Crippen molar-refractivity contribution in [3.05, 3.63) is 170 Å². The van der Waals surface area contributed by atoms with Crippen LogP contribution in [-0.4, -0.2) is 29.1 Å². The molecule has 0 saturated carbocycles. The molecule has 50 heavy (non-hydrogen) atoms. The van der Waals surface area contributed by atoms with Crippen LogP contribution in [-0.2, 0) is 0 Å². The predicted molar refractivity (Wildman–Crippen MR) is 203 cm³/mol. The first-order chi connectivity index (χ1) is 24.8. The fraction of sp³-hybridized carbons (Fsp3) is 0. The highest BCUT2D eigenvalue weighted by Gasteiger charge is 2.21. The smallest absolute Gasteiger partial charge is 0.238 e. The number of nitrogens with zero attached hydrogens (tertiary/aromatic N) is 6. The van der Waals surface area contributed by atoms with Crippen molar-refractivity contribution in [2.75, 3.05) is 0 Å². The molecule has 0 N–H and O–H groups in total. The molecular formula is C44H28N6. The first-order valence-corrected chi connectivity index (χ1v) is 16.7. The number of benzene rings is 6. The van der Waals surface area contributed by atoms with Gasteiger partial charge in [0.1, 0.15) is 0 Å². The summed E-state index contributed by atoms with van der Waals surface area (Å²) in [6.45, 7) is 0. The highest BCUT2D eigenvalue weighted by atomic mass is 15.2. The zero-order valence-electron chi connectivity index (χ0n) is 26.8. The topological polar surface area (TPSA) is 61.4 Å². The molecule has 0 amide bonds. The molecule has 0 unspecified atom stereocenters. The van der Waals surface area contributed by atoms with E-state index < -0.39 is 0 Å². The Hall–Kier alpha value is -6.92. The maximum absolute atomic E-state index is 5.13. The summed E-state index contributed by atoms with van der Waals surface area (Å²) in [6, 6.07) is 56.6. The lowest BCUT2D eigenvalue weighted by atomic mass is 9.99. The van der Waals surface area contributed by atoms with Gasteiger partial charge in [0.05, 0.1) is 27.6 Å². The Morgan fingerprint density at radius 3 is 1.76 bits per heavy atom. The standard InChI is InChI=1S/C44H28N6/c1-4-14-29(15-5-1)42-46-43(30-16-6-2-7-17-30)48-44(47-42)50-36-22-11-10-20-34(36)35-26-25-31(28-39(35)50)33-21-12-23-37-40(33)41-38(24-13-27-45-41)49(37)32-18-8-3-9-19-32/h1-28H. The predicted octanol–water partition coefficient (Wildman–Crippen LogP) is 10.5. The van der Waals surface area contributed by atoms with E-state index in [1.54, 1.807) is 0 Å². The summed E-state index contributed by atoms with van der Waals surface area (Å²) in [5.41, 5.74) is 10.4. The fourth-order valence-corrected chi connectivity index (χ4v) is 7.22. The van der Waals surface area contributed by atoms with Crippen molar-refractivity contribution in [1.29, 1.82) is 0 Å². The second kappa shape index (κ2) is 11.4. The average Bonchev–Trinajstić information content (AvgIpc) is 3.71. The van der Waals surface area contributed by atoms with E-state index in [0.29, 0.717) is 17.6 Å². The molecule has 6 nitrogen and oxygen atoms in total. The lowest BCUT2D eigenvalue weighted by Gasteiger charge is -2.12. The van der Waals surface area contributed by atoms with Crippen LogP contribution < -0.4 is 0 Å². The van der Waals surface area contributed by atoms with E-state index in [4.69, 9.17) is 19.9 Å². The minimum Gasteiger partial charge on any atom is -0.308 e. The van der Waals surface area contributed by atoms with Crippen molar-refractivity contribution < 1.29 is 0 Å². The number of fused-ring (bicyclic) bond motifs is 6. The van der Waals surface area contributed by atoms with Crippen LogP contribution in [0, 0.1) is 0 Å². The molecule has 0 atom stereocenters. The molecule has 0 radical (unpaired) electrons. The lowest BCUT2D eigenvalue weighted by molar-refractivity contribution is 0.953. The van der Waals surface area contributed by atoms with Crippen LogP contribution in [0.5, 0.6) is 0 Å². The maximum atomic E-state index is 5.13. The first kappa shape index (κ1) is 28.1. The Morgan fingerprint density at radius 2 is 1.02 bits per heavy atom. The molecule has 0 aliphatic carbocycles.